The van der Waals surface area contributed by atoms with Gasteiger partial charge >= 0.3 is 0 Å². The lowest BCUT2D eigenvalue weighted by Gasteiger charge is -2.37. The molecule has 1 unspecified atom stereocenters. The number of carbonyl (C=O) groups excluding carboxylic acids is 1. The molecule has 0 saturated heterocycles. The quantitative estimate of drug-likeness (QED) is 0.871. The summed E-state index contributed by atoms with van der Waals surface area (Å²) in [4.78, 5) is 20.9. The van der Waals surface area contributed by atoms with Crippen LogP contribution >= 0.6 is 0 Å². The predicted molar refractivity (Wildman–Crippen MR) is 82.8 cm³/mol. The molecular weight excluding hydrogens is 264 g/mol. The molecule has 0 fully saturated rings. The van der Waals surface area contributed by atoms with E-state index in [0.717, 1.165) is 29.9 Å². The monoisotopic (exact) mass is 290 g/mol. The molecule has 0 saturated carbocycles. The number of rotatable bonds is 2. The maximum absolute atomic E-state index is 11.7. The molecule has 1 aliphatic rings. The van der Waals surface area contributed by atoms with E-state index in [1.165, 1.54) is 0 Å². The minimum atomic E-state index is -0.136. The number of carbonyl (C=O) groups is 1. The summed E-state index contributed by atoms with van der Waals surface area (Å²) < 4.78 is 0. The Balaban J connectivity index is 2.40. The molecule has 21 heavy (non-hydrogen) atoms. The number of fused-ring (bicyclic) bond motifs is 1. The first kappa shape index (κ1) is 15.9. The van der Waals surface area contributed by atoms with Gasteiger partial charge in [0.2, 0.25) is 5.91 Å². The van der Waals surface area contributed by atoms with Crippen LogP contribution in [0.2, 0.25) is 0 Å². The summed E-state index contributed by atoms with van der Waals surface area (Å²) in [6.45, 7) is 10.7. The molecule has 5 nitrogen and oxygen atoms in total. The van der Waals surface area contributed by atoms with E-state index in [9.17, 15) is 4.79 Å². The van der Waals surface area contributed by atoms with Gasteiger partial charge in [-0.2, -0.15) is 0 Å². The molecule has 2 rings (SSSR count). The van der Waals surface area contributed by atoms with Crippen molar-refractivity contribution in [3.63, 3.8) is 0 Å². The average Bonchev–Trinajstić information content (AvgIpc) is 2.35. The Morgan fingerprint density at radius 3 is 2.71 bits per heavy atom. The lowest BCUT2D eigenvalue weighted by Crippen LogP contribution is -2.40. The third-order valence-corrected chi connectivity index (χ3v) is 3.87. The van der Waals surface area contributed by atoms with Crippen LogP contribution in [0.4, 0.5) is 0 Å². The number of aromatic nitrogens is 2. The first-order chi connectivity index (χ1) is 9.62. The van der Waals surface area contributed by atoms with Crippen LogP contribution in [0.1, 0.15) is 64.2 Å². The SMILES string of the molecule is CC1(C)Cc2nc(C(C)(C)C)ncc2C(NC(=O)CN)C1. The van der Waals surface area contributed by atoms with Crippen molar-refractivity contribution in [2.24, 2.45) is 11.1 Å². The van der Waals surface area contributed by atoms with Gasteiger partial charge in [0, 0.05) is 22.9 Å². The van der Waals surface area contributed by atoms with Gasteiger partial charge in [-0.25, -0.2) is 9.97 Å². The van der Waals surface area contributed by atoms with E-state index in [4.69, 9.17) is 10.7 Å². The van der Waals surface area contributed by atoms with Crippen molar-refractivity contribution in [1.29, 1.82) is 0 Å². The van der Waals surface area contributed by atoms with E-state index >= 15 is 0 Å². The number of nitrogens with one attached hydrogen (secondary N) is 1. The Bertz CT molecular complexity index is 546. The summed E-state index contributed by atoms with van der Waals surface area (Å²) in [5.41, 5.74) is 7.52. The molecule has 1 aliphatic carbocycles. The van der Waals surface area contributed by atoms with Crippen molar-refractivity contribution < 1.29 is 4.79 Å². The second kappa shape index (κ2) is 5.37. The van der Waals surface area contributed by atoms with Crippen LogP contribution < -0.4 is 11.1 Å². The van der Waals surface area contributed by atoms with Crippen LogP contribution in [0.3, 0.4) is 0 Å². The predicted octanol–water partition coefficient (Wildman–Crippen LogP) is 1.86. The van der Waals surface area contributed by atoms with Crippen molar-refractivity contribution in [3.05, 3.63) is 23.3 Å². The molecule has 1 atom stereocenters. The van der Waals surface area contributed by atoms with E-state index in [1.54, 1.807) is 0 Å². The molecule has 1 aromatic heterocycles. The van der Waals surface area contributed by atoms with Crippen molar-refractivity contribution in [2.45, 2.75) is 58.9 Å². The Labute approximate surface area is 126 Å². The molecule has 0 aliphatic heterocycles. The van der Waals surface area contributed by atoms with Gasteiger partial charge in [-0.3, -0.25) is 4.79 Å². The highest BCUT2D eigenvalue weighted by atomic mass is 16.1. The molecule has 0 radical (unpaired) electrons. The van der Waals surface area contributed by atoms with Crippen molar-refractivity contribution in [2.75, 3.05) is 6.54 Å². The van der Waals surface area contributed by atoms with Gasteiger partial charge in [0.15, 0.2) is 0 Å². The van der Waals surface area contributed by atoms with Crippen LogP contribution in [-0.2, 0) is 16.6 Å². The molecule has 5 heteroatoms. The Kier molecular flexibility index (Phi) is 4.06. The molecular formula is C16H26N4O. The zero-order chi connectivity index (χ0) is 15.8. The van der Waals surface area contributed by atoms with E-state index < -0.39 is 0 Å². The highest BCUT2D eigenvalue weighted by molar-refractivity contribution is 5.78. The van der Waals surface area contributed by atoms with Crippen LogP contribution in [0.25, 0.3) is 0 Å². The first-order valence-corrected chi connectivity index (χ1v) is 7.48. The van der Waals surface area contributed by atoms with Gasteiger partial charge in [0.1, 0.15) is 5.82 Å². The molecule has 1 aromatic rings. The number of amides is 1. The standard InChI is InChI=1S/C16H26N4O/c1-15(2,3)14-18-9-10-11(19-13(21)8-17)6-16(4,5)7-12(10)20-14/h9,11H,6-8,17H2,1-5H3,(H,19,21). The van der Waals surface area contributed by atoms with E-state index in [1.807, 2.05) is 6.20 Å². The van der Waals surface area contributed by atoms with Crippen LogP contribution in [0.5, 0.6) is 0 Å². The molecule has 0 spiro atoms. The number of nitrogens with zero attached hydrogens (tertiary/aromatic N) is 2. The molecule has 1 amide bonds. The maximum Gasteiger partial charge on any atom is 0.234 e. The van der Waals surface area contributed by atoms with Gasteiger partial charge in [0.25, 0.3) is 0 Å². The lowest BCUT2D eigenvalue weighted by molar-refractivity contribution is -0.120. The second-order valence-corrected chi connectivity index (χ2v) is 7.71. The van der Waals surface area contributed by atoms with Crippen LogP contribution in [-0.4, -0.2) is 22.4 Å². The highest BCUT2D eigenvalue weighted by Gasteiger charge is 2.35. The third-order valence-electron chi connectivity index (χ3n) is 3.87. The van der Waals surface area contributed by atoms with Crippen LogP contribution in [0.15, 0.2) is 6.20 Å². The van der Waals surface area contributed by atoms with E-state index in [2.05, 4.69) is 44.9 Å². The molecule has 116 valence electrons. The number of hydrogen-bond donors (Lipinski definition) is 2. The largest absolute Gasteiger partial charge is 0.348 e. The minimum Gasteiger partial charge on any atom is -0.348 e. The Morgan fingerprint density at radius 2 is 2.14 bits per heavy atom. The zero-order valence-corrected chi connectivity index (χ0v) is 13.7. The summed E-state index contributed by atoms with van der Waals surface area (Å²) in [5.74, 6) is 0.714. The highest BCUT2D eigenvalue weighted by Crippen LogP contribution is 2.40. The minimum absolute atomic E-state index is 0.00714. The Morgan fingerprint density at radius 1 is 1.48 bits per heavy atom. The van der Waals surface area contributed by atoms with Gasteiger partial charge in [-0.05, 0) is 18.3 Å². The smallest absolute Gasteiger partial charge is 0.234 e. The number of hydrogen-bond acceptors (Lipinski definition) is 4. The topological polar surface area (TPSA) is 80.9 Å². The lowest BCUT2D eigenvalue weighted by atomic mass is 9.74. The fourth-order valence-electron chi connectivity index (χ4n) is 2.79. The normalized spacial score (nSPS) is 20.8. The maximum atomic E-state index is 11.7. The molecule has 0 aromatic carbocycles. The summed E-state index contributed by atoms with van der Waals surface area (Å²) in [5, 5.41) is 2.99. The summed E-state index contributed by atoms with van der Waals surface area (Å²) in [7, 11) is 0. The first-order valence-electron chi connectivity index (χ1n) is 7.48. The van der Waals surface area contributed by atoms with Crippen LogP contribution in [0, 0.1) is 5.41 Å². The summed E-state index contributed by atoms with van der Waals surface area (Å²) in [6.07, 6.45) is 3.66. The van der Waals surface area contributed by atoms with E-state index in [0.29, 0.717) is 0 Å². The van der Waals surface area contributed by atoms with Crippen molar-refractivity contribution in [1.82, 2.24) is 15.3 Å². The van der Waals surface area contributed by atoms with Crippen molar-refractivity contribution in [3.8, 4) is 0 Å². The Hall–Kier alpha value is -1.49. The second-order valence-electron chi connectivity index (χ2n) is 7.71. The summed E-state index contributed by atoms with van der Waals surface area (Å²) >= 11 is 0. The average molecular weight is 290 g/mol. The van der Waals surface area contributed by atoms with Gasteiger partial charge in [-0.1, -0.05) is 34.6 Å². The van der Waals surface area contributed by atoms with E-state index in [-0.39, 0.29) is 29.3 Å². The zero-order valence-electron chi connectivity index (χ0n) is 13.7. The fraction of sp³-hybridized carbons (Fsp3) is 0.688. The molecule has 0 bridgehead atoms. The summed E-state index contributed by atoms with van der Waals surface area (Å²) in [6, 6.07) is -0.0474. The molecule has 1 heterocycles. The van der Waals surface area contributed by atoms with Gasteiger partial charge < -0.3 is 11.1 Å². The number of nitrogens with two attached hydrogens (primary N) is 1. The van der Waals surface area contributed by atoms with Gasteiger partial charge in [-0.15, -0.1) is 0 Å². The molecule has 3 N–H and O–H groups in total. The van der Waals surface area contributed by atoms with Gasteiger partial charge in [0.05, 0.1) is 12.6 Å². The van der Waals surface area contributed by atoms with Crippen molar-refractivity contribution >= 4 is 5.91 Å². The fourth-order valence-corrected chi connectivity index (χ4v) is 2.79. The third kappa shape index (κ3) is 3.59.